The van der Waals surface area contributed by atoms with Gasteiger partial charge in [-0.1, -0.05) is 24.3 Å². The van der Waals surface area contributed by atoms with E-state index in [-0.39, 0.29) is 17.3 Å². The molecule has 5 heteroatoms. The minimum absolute atomic E-state index is 0.0851. The molecule has 3 aromatic rings. The molecule has 2 aromatic carbocycles. The smallest absolute Gasteiger partial charge is 0.129 e. The van der Waals surface area contributed by atoms with Gasteiger partial charge in [-0.25, -0.2) is 9.37 Å². The quantitative estimate of drug-likeness (QED) is 0.496. The first kappa shape index (κ1) is 21.3. The minimum atomic E-state index is -0.469. The monoisotopic (exact) mass is 467 g/mol. The molecule has 7 unspecified atom stereocenters. The number of aromatic nitrogens is 2. The standard InChI is InChI=1S/C30H30FN3O/c31-25-3-1-2-23-27-16-33-17-34(27)26(29(23)25)11-28(35)30-12-19-6-9-22(24(14-30)21(10-19)13-30)20-7-4-18(15-32)5-8-20/h1-5,7-8,16-17,19,21-22,24,26,28,35H,6,9-14H2. The molecule has 4 nitrogen and oxygen atoms in total. The van der Waals surface area contributed by atoms with Crippen LogP contribution in [0.15, 0.2) is 55.0 Å². The molecule has 3 fully saturated rings. The number of hydrogen-bond acceptors (Lipinski definition) is 3. The van der Waals surface area contributed by atoms with Crippen molar-refractivity contribution in [2.24, 2.45) is 23.2 Å². The van der Waals surface area contributed by atoms with E-state index in [0.717, 1.165) is 30.5 Å². The molecule has 1 N–H and O–H groups in total. The summed E-state index contributed by atoms with van der Waals surface area (Å²) in [5, 5.41) is 21.1. The van der Waals surface area contributed by atoms with Crippen LogP contribution in [-0.2, 0) is 0 Å². The molecule has 3 aliphatic carbocycles. The molecular formula is C30H30FN3O. The molecule has 35 heavy (non-hydrogen) atoms. The Labute approximate surface area is 205 Å². The van der Waals surface area contributed by atoms with Crippen molar-refractivity contribution in [3.8, 4) is 17.3 Å². The number of aliphatic hydroxyl groups excluding tert-OH is 1. The molecule has 4 aliphatic rings. The average Bonchev–Trinajstić information content (AvgIpc) is 3.51. The van der Waals surface area contributed by atoms with E-state index in [0.29, 0.717) is 41.2 Å². The number of nitriles is 1. The van der Waals surface area contributed by atoms with Crippen LogP contribution in [0.4, 0.5) is 4.39 Å². The van der Waals surface area contributed by atoms with Crippen molar-refractivity contribution in [1.29, 1.82) is 5.26 Å². The highest BCUT2D eigenvalue weighted by Gasteiger charge is 2.57. The van der Waals surface area contributed by atoms with Crippen LogP contribution in [0.3, 0.4) is 0 Å². The Hall–Kier alpha value is -2.97. The number of imidazole rings is 1. The molecule has 0 radical (unpaired) electrons. The maximum atomic E-state index is 15.0. The van der Waals surface area contributed by atoms with Crippen LogP contribution in [0.2, 0.25) is 0 Å². The van der Waals surface area contributed by atoms with Crippen molar-refractivity contribution in [3.05, 3.63) is 77.5 Å². The van der Waals surface area contributed by atoms with Gasteiger partial charge in [0.1, 0.15) is 5.82 Å². The summed E-state index contributed by atoms with van der Waals surface area (Å²) in [6, 6.07) is 15.5. The van der Waals surface area contributed by atoms with Gasteiger partial charge in [-0.3, -0.25) is 0 Å². The van der Waals surface area contributed by atoms with Crippen LogP contribution in [0.5, 0.6) is 0 Å². The van der Waals surface area contributed by atoms with Crippen molar-refractivity contribution >= 4 is 0 Å². The van der Waals surface area contributed by atoms with E-state index in [1.807, 2.05) is 24.4 Å². The van der Waals surface area contributed by atoms with E-state index in [2.05, 4.69) is 27.8 Å². The molecular weight excluding hydrogens is 437 g/mol. The van der Waals surface area contributed by atoms with Crippen molar-refractivity contribution in [1.82, 2.24) is 9.55 Å². The van der Waals surface area contributed by atoms with Crippen molar-refractivity contribution < 1.29 is 9.50 Å². The van der Waals surface area contributed by atoms with E-state index in [4.69, 9.17) is 0 Å². The normalized spacial score (nSPS) is 33.1. The second-order valence-corrected chi connectivity index (χ2v) is 11.6. The summed E-state index contributed by atoms with van der Waals surface area (Å²) in [5.74, 6) is 2.18. The van der Waals surface area contributed by atoms with Gasteiger partial charge in [0.15, 0.2) is 0 Å². The van der Waals surface area contributed by atoms with Gasteiger partial charge in [-0.2, -0.15) is 5.26 Å². The Balaban J connectivity index is 1.19. The Morgan fingerprint density at radius 2 is 2.00 bits per heavy atom. The summed E-state index contributed by atoms with van der Waals surface area (Å²) >= 11 is 0. The van der Waals surface area contributed by atoms with Crippen LogP contribution in [0.1, 0.15) is 73.6 Å². The van der Waals surface area contributed by atoms with E-state index in [1.165, 1.54) is 30.9 Å². The van der Waals surface area contributed by atoms with Gasteiger partial charge in [0, 0.05) is 11.1 Å². The minimum Gasteiger partial charge on any atom is -0.392 e. The van der Waals surface area contributed by atoms with Crippen LogP contribution in [0.25, 0.3) is 11.3 Å². The largest absolute Gasteiger partial charge is 0.392 e. The van der Waals surface area contributed by atoms with Gasteiger partial charge in [-0.05, 0) is 97.8 Å². The Bertz CT molecular complexity index is 1320. The Kier molecular flexibility index (Phi) is 4.73. The zero-order valence-corrected chi connectivity index (χ0v) is 19.8. The first-order chi connectivity index (χ1) is 17.1. The summed E-state index contributed by atoms with van der Waals surface area (Å²) in [4.78, 5) is 4.33. The second kappa shape index (κ2) is 7.77. The first-order valence-corrected chi connectivity index (χ1v) is 13.0. The predicted molar refractivity (Wildman–Crippen MR) is 131 cm³/mol. The maximum Gasteiger partial charge on any atom is 0.129 e. The van der Waals surface area contributed by atoms with E-state index in [9.17, 15) is 10.4 Å². The molecule has 7 rings (SSSR count). The SMILES string of the molecule is N#Cc1ccc(C2CCC3CC4CC(C(O)CC5c6c(F)cccc6-c6cncn65)(C3)CC42)cc1. The Morgan fingerprint density at radius 3 is 2.83 bits per heavy atom. The molecule has 0 spiro atoms. The third kappa shape index (κ3) is 3.16. The number of halogens is 1. The molecule has 7 atom stereocenters. The fraction of sp³-hybridized carbons (Fsp3) is 0.467. The summed E-state index contributed by atoms with van der Waals surface area (Å²) in [5.41, 5.74) is 4.53. The zero-order chi connectivity index (χ0) is 23.7. The lowest BCUT2D eigenvalue weighted by molar-refractivity contribution is -0.0220. The molecule has 1 aliphatic heterocycles. The molecule has 178 valence electrons. The summed E-state index contributed by atoms with van der Waals surface area (Å²) in [7, 11) is 0. The average molecular weight is 468 g/mol. The molecule has 2 heterocycles. The predicted octanol–water partition coefficient (Wildman–Crippen LogP) is 6.21. The fourth-order valence-electron chi connectivity index (χ4n) is 8.54. The molecule has 3 bridgehead atoms. The number of aliphatic hydroxyl groups is 1. The number of hydrogen-bond donors (Lipinski definition) is 1. The van der Waals surface area contributed by atoms with E-state index in [1.54, 1.807) is 12.4 Å². The lowest BCUT2D eigenvalue weighted by Gasteiger charge is -2.42. The summed E-state index contributed by atoms with van der Waals surface area (Å²) in [6.07, 6.45) is 10.6. The third-order valence-electron chi connectivity index (χ3n) is 9.94. The van der Waals surface area contributed by atoms with Gasteiger partial charge >= 0.3 is 0 Å². The lowest BCUT2D eigenvalue weighted by atomic mass is 9.65. The molecule has 0 amide bonds. The van der Waals surface area contributed by atoms with Gasteiger partial charge in [0.05, 0.1) is 42.0 Å². The highest BCUT2D eigenvalue weighted by atomic mass is 19.1. The fourth-order valence-corrected chi connectivity index (χ4v) is 8.54. The van der Waals surface area contributed by atoms with E-state index < -0.39 is 6.10 Å². The molecule has 0 saturated heterocycles. The third-order valence-corrected chi connectivity index (χ3v) is 9.94. The van der Waals surface area contributed by atoms with Gasteiger partial charge < -0.3 is 9.67 Å². The number of fused-ring (bicyclic) bond motifs is 5. The highest BCUT2D eigenvalue weighted by molar-refractivity contribution is 5.69. The van der Waals surface area contributed by atoms with Crippen molar-refractivity contribution in [2.75, 3.05) is 0 Å². The lowest BCUT2D eigenvalue weighted by Crippen LogP contribution is -2.39. The molecule has 3 saturated carbocycles. The van der Waals surface area contributed by atoms with E-state index >= 15 is 4.39 Å². The summed E-state index contributed by atoms with van der Waals surface area (Å²) < 4.78 is 17.1. The number of rotatable bonds is 4. The van der Waals surface area contributed by atoms with Crippen molar-refractivity contribution in [3.63, 3.8) is 0 Å². The zero-order valence-electron chi connectivity index (χ0n) is 19.8. The van der Waals surface area contributed by atoms with Crippen LogP contribution >= 0.6 is 0 Å². The Morgan fingerprint density at radius 1 is 1.14 bits per heavy atom. The van der Waals surface area contributed by atoms with Crippen LogP contribution in [-0.4, -0.2) is 20.8 Å². The van der Waals surface area contributed by atoms with Gasteiger partial charge in [-0.15, -0.1) is 0 Å². The topological polar surface area (TPSA) is 61.8 Å². The number of benzene rings is 2. The summed E-state index contributed by atoms with van der Waals surface area (Å²) in [6.45, 7) is 0. The van der Waals surface area contributed by atoms with Gasteiger partial charge in [0.2, 0.25) is 0 Å². The number of nitrogens with zero attached hydrogens (tertiary/aromatic N) is 3. The maximum absolute atomic E-state index is 15.0. The first-order valence-electron chi connectivity index (χ1n) is 13.0. The van der Waals surface area contributed by atoms with Crippen molar-refractivity contribution in [2.45, 2.75) is 63.0 Å². The highest BCUT2D eigenvalue weighted by Crippen LogP contribution is 2.65. The van der Waals surface area contributed by atoms with Crippen LogP contribution < -0.4 is 0 Å². The van der Waals surface area contributed by atoms with Gasteiger partial charge in [0.25, 0.3) is 0 Å². The second-order valence-electron chi connectivity index (χ2n) is 11.6. The van der Waals surface area contributed by atoms with Crippen LogP contribution in [0, 0.1) is 40.3 Å². The molecule has 1 aromatic heterocycles.